The molecule has 2 N–H and O–H groups in total. The highest BCUT2D eigenvalue weighted by molar-refractivity contribution is 5.92. The van der Waals surface area contributed by atoms with Crippen molar-refractivity contribution in [2.24, 2.45) is 5.73 Å². The third-order valence-corrected chi connectivity index (χ3v) is 5.08. The fourth-order valence-electron chi connectivity index (χ4n) is 3.55. The van der Waals surface area contributed by atoms with Crippen molar-refractivity contribution in [2.75, 3.05) is 19.7 Å². The lowest BCUT2D eigenvalue weighted by atomic mass is 10.0. The van der Waals surface area contributed by atoms with E-state index in [-0.39, 0.29) is 0 Å². The third kappa shape index (κ3) is 4.39. The molecule has 3 aromatic rings. The number of likely N-dealkylation sites (tertiary alicyclic amines) is 1. The number of primary amides is 1. The van der Waals surface area contributed by atoms with E-state index < -0.39 is 5.91 Å². The van der Waals surface area contributed by atoms with E-state index in [1.54, 1.807) is 12.1 Å². The average molecular weight is 391 g/mol. The Labute approximate surface area is 170 Å². The summed E-state index contributed by atoms with van der Waals surface area (Å²) in [5, 5.41) is 2.20. The van der Waals surface area contributed by atoms with Gasteiger partial charge in [0.2, 0.25) is 11.8 Å². The predicted molar refractivity (Wildman–Crippen MR) is 112 cm³/mol. The normalized spacial score (nSPS) is 14.7. The van der Waals surface area contributed by atoms with Gasteiger partial charge in [-0.2, -0.15) is 0 Å². The Kier molecular flexibility index (Phi) is 5.74. The molecule has 2 heterocycles. The first kappa shape index (κ1) is 19.4. The van der Waals surface area contributed by atoms with Crippen molar-refractivity contribution in [3.8, 4) is 11.6 Å². The molecular weight excluding hydrogens is 366 g/mol. The molecule has 1 aromatic heterocycles. The second-order valence-electron chi connectivity index (χ2n) is 7.31. The summed E-state index contributed by atoms with van der Waals surface area (Å²) in [6, 6.07) is 15.6. The lowest BCUT2D eigenvalue weighted by Crippen LogP contribution is -2.51. The number of rotatable bonds is 8. The quantitative estimate of drug-likeness (QED) is 0.633. The highest BCUT2D eigenvalue weighted by Gasteiger charge is 2.27. The van der Waals surface area contributed by atoms with Gasteiger partial charge in [0.15, 0.2) is 0 Å². The molecule has 0 spiro atoms. The van der Waals surface area contributed by atoms with Gasteiger partial charge in [-0.25, -0.2) is 4.98 Å². The van der Waals surface area contributed by atoms with Crippen molar-refractivity contribution < 1.29 is 14.3 Å². The van der Waals surface area contributed by atoms with Crippen molar-refractivity contribution in [3.63, 3.8) is 0 Å². The average Bonchev–Trinajstić information content (AvgIpc) is 2.70. The maximum absolute atomic E-state index is 11.2. The van der Waals surface area contributed by atoms with Gasteiger partial charge in [-0.05, 0) is 29.5 Å². The molecule has 0 saturated carbocycles. The van der Waals surface area contributed by atoms with E-state index in [1.165, 1.54) is 11.8 Å². The molecule has 0 unspecified atom stereocenters. The molecule has 29 heavy (non-hydrogen) atoms. The molecule has 1 aliphatic heterocycles. The summed E-state index contributed by atoms with van der Waals surface area (Å²) in [6.07, 6.45) is 2.84. The van der Waals surface area contributed by atoms with Crippen LogP contribution in [-0.2, 0) is 11.3 Å². The summed E-state index contributed by atoms with van der Waals surface area (Å²) in [5.41, 5.74) is 6.88. The van der Waals surface area contributed by atoms with E-state index >= 15 is 0 Å². The Bertz CT molecular complexity index is 998. The number of carbonyl (C=O) groups is 1. The van der Waals surface area contributed by atoms with E-state index in [9.17, 15) is 4.79 Å². The summed E-state index contributed by atoms with van der Waals surface area (Å²) >= 11 is 0. The third-order valence-electron chi connectivity index (χ3n) is 5.08. The first-order valence-electron chi connectivity index (χ1n) is 9.92. The highest BCUT2D eigenvalue weighted by atomic mass is 16.5. The molecule has 0 radical (unpaired) electrons. The van der Waals surface area contributed by atoms with Crippen LogP contribution in [0.5, 0.6) is 11.6 Å². The number of aromatic nitrogens is 1. The standard InChI is InChI=1S/C23H25N3O3/c1-2-11-28-18-14-26(15-18)13-17-5-3-7-20-19(17)6-4-8-21(20)29-22-10-9-16(12-25-22)23(24)27/h3-10,12,18H,2,11,13-15H2,1H3,(H2,24,27). The second-order valence-corrected chi connectivity index (χ2v) is 7.31. The topological polar surface area (TPSA) is 77.7 Å². The minimum absolute atomic E-state index is 0.355. The number of amides is 1. The first-order valence-corrected chi connectivity index (χ1v) is 9.92. The minimum Gasteiger partial charge on any atom is -0.438 e. The van der Waals surface area contributed by atoms with Gasteiger partial charge >= 0.3 is 0 Å². The van der Waals surface area contributed by atoms with E-state index in [0.29, 0.717) is 17.5 Å². The molecule has 150 valence electrons. The summed E-state index contributed by atoms with van der Waals surface area (Å²) in [4.78, 5) is 17.8. The van der Waals surface area contributed by atoms with E-state index in [1.807, 2.05) is 12.1 Å². The Morgan fingerprint density at radius 2 is 1.93 bits per heavy atom. The van der Waals surface area contributed by atoms with E-state index in [4.69, 9.17) is 15.2 Å². The van der Waals surface area contributed by atoms with Crippen LogP contribution in [0.2, 0.25) is 0 Å². The van der Waals surface area contributed by atoms with Gasteiger partial charge in [-0.1, -0.05) is 37.3 Å². The lowest BCUT2D eigenvalue weighted by molar-refractivity contribution is -0.0573. The van der Waals surface area contributed by atoms with Gasteiger partial charge in [0.05, 0.1) is 11.7 Å². The maximum Gasteiger partial charge on any atom is 0.250 e. The van der Waals surface area contributed by atoms with Crippen LogP contribution in [0.25, 0.3) is 10.8 Å². The number of carbonyl (C=O) groups excluding carboxylic acids is 1. The fourth-order valence-corrected chi connectivity index (χ4v) is 3.55. The van der Waals surface area contributed by atoms with Crippen molar-refractivity contribution in [1.29, 1.82) is 0 Å². The monoisotopic (exact) mass is 391 g/mol. The van der Waals surface area contributed by atoms with Crippen LogP contribution in [0.3, 0.4) is 0 Å². The number of nitrogens with two attached hydrogens (primary N) is 1. The number of ether oxygens (including phenoxy) is 2. The zero-order valence-electron chi connectivity index (χ0n) is 16.5. The fraction of sp³-hybridized carbons (Fsp3) is 0.304. The summed E-state index contributed by atoms with van der Waals surface area (Å²) < 4.78 is 11.8. The number of hydrogen-bond donors (Lipinski definition) is 1. The molecule has 1 fully saturated rings. The molecule has 0 aliphatic carbocycles. The Balaban J connectivity index is 1.50. The minimum atomic E-state index is -0.507. The molecule has 2 aromatic carbocycles. The van der Waals surface area contributed by atoms with Crippen molar-refractivity contribution in [1.82, 2.24) is 9.88 Å². The van der Waals surface area contributed by atoms with Crippen LogP contribution in [0, 0.1) is 0 Å². The van der Waals surface area contributed by atoms with Crippen LogP contribution in [0.1, 0.15) is 29.3 Å². The molecule has 1 saturated heterocycles. The maximum atomic E-state index is 11.2. The Morgan fingerprint density at radius 1 is 1.14 bits per heavy atom. The molecular formula is C23H25N3O3. The zero-order chi connectivity index (χ0) is 20.2. The smallest absolute Gasteiger partial charge is 0.250 e. The van der Waals surface area contributed by atoms with Gasteiger partial charge in [-0.3, -0.25) is 9.69 Å². The lowest BCUT2D eigenvalue weighted by Gasteiger charge is -2.39. The van der Waals surface area contributed by atoms with Crippen LogP contribution in [-0.4, -0.2) is 41.6 Å². The number of nitrogens with zero attached hydrogens (tertiary/aromatic N) is 2. The second kappa shape index (κ2) is 8.59. The molecule has 6 nitrogen and oxygen atoms in total. The number of pyridine rings is 1. The van der Waals surface area contributed by atoms with Crippen LogP contribution >= 0.6 is 0 Å². The Morgan fingerprint density at radius 3 is 2.66 bits per heavy atom. The summed E-state index contributed by atoms with van der Waals surface area (Å²) in [6.45, 7) is 5.81. The SMILES string of the molecule is CCCOC1CN(Cc2cccc3c(Oc4ccc(C(N)=O)cn4)cccc23)C1. The van der Waals surface area contributed by atoms with Gasteiger partial charge in [0, 0.05) is 43.9 Å². The largest absolute Gasteiger partial charge is 0.438 e. The van der Waals surface area contributed by atoms with Gasteiger partial charge in [0.25, 0.3) is 0 Å². The first-order chi connectivity index (χ1) is 14.1. The number of benzene rings is 2. The predicted octanol–water partition coefficient (Wildman–Crippen LogP) is 3.74. The van der Waals surface area contributed by atoms with Crippen LogP contribution in [0.15, 0.2) is 54.7 Å². The zero-order valence-corrected chi connectivity index (χ0v) is 16.5. The Hall–Kier alpha value is -2.96. The summed E-state index contributed by atoms with van der Waals surface area (Å²) in [7, 11) is 0. The van der Waals surface area contributed by atoms with E-state index in [0.717, 1.165) is 49.2 Å². The molecule has 4 rings (SSSR count). The molecule has 0 bridgehead atoms. The van der Waals surface area contributed by atoms with Crippen LogP contribution < -0.4 is 10.5 Å². The van der Waals surface area contributed by atoms with Crippen LogP contribution in [0.4, 0.5) is 0 Å². The van der Waals surface area contributed by atoms with Crippen molar-refractivity contribution in [2.45, 2.75) is 26.0 Å². The van der Waals surface area contributed by atoms with Gasteiger partial charge in [-0.15, -0.1) is 0 Å². The number of hydrogen-bond acceptors (Lipinski definition) is 5. The van der Waals surface area contributed by atoms with Gasteiger partial charge < -0.3 is 15.2 Å². The van der Waals surface area contributed by atoms with Crippen molar-refractivity contribution in [3.05, 3.63) is 65.9 Å². The molecule has 1 amide bonds. The molecule has 1 aliphatic rings. The number of fused-ring (bicyclic) bond motifs is 1. The van der Waals surface area contributed by atoms with Crippen molar-refractivity contribution >= 4 is 16.7 Å². The molecule has 6 heteroatoms. The summed E-state index contributed by atoms with van der Waals surface area (Å²) in [5.74, 6) is 0.648. The van der Waals surface area contributed by atoms with Gasteiger partial charge in [0.1, 0.15) is 5.75 Å². The molecule has 0 atom stereocenters. The van der Waals surface area contributed by atoms with E-state index in [2.05, 4.69) is 41.1 Å². The highest BCUT2D eigenvalue weighted by Crippen LogP contribution is 2.32.